The number of carbonyl (C=O) groups is 1. The first-order valence-corrected chi connectivity index (χ1v) is 10.6. The molecule has 0 radical (unpaired) electrons. The fraction of sp³-hybridized carbons (Fsp3) is 0.308. The van der Waals surface area contributed by atoms with Gasteiger partial charge in [0, 0.05) is 42.4 Å². The van der Waals surface area contributed by atoms with Gasteiger partial charge in [0.1, 0.15) is 6.54 Å². The number of carboxylic acid groups (broad SMARTS) is 1. The normalized spacial score (nSPS) is 15.1. The van der Waals surface area contributed by atoms with Crippen LogP contribution in [0.5, 0.6) is 0 Å². The van der Waals surface area contributed by atoms with E-state index >= 15 is 0 Å². The van der Waals surface area contributed by atoms with E-state index in [1.54, 1.807) is 0 Å². The topological polar surface area (TPSA) is 52.3 Å². The molecular weight excluding hydrogens is 372 g/mol. The number of hydrogen-bond acceptors (Lipinski definition) is 2. The lowest BCUT2D eigenvalue weighted by atomic mass is 9.81. The average Bonchev–Trinajstić information content (AvgIpc) is 2.95. The van der Waals surface area contributed by atoms with E-state index in [0.717, 1.165) is 31.5 Å². The molecule has 2 N–H and O–H groups in total. The third kappa shape index (κ3) is 5.26. The van der Waals surface area contributed by atoms with Gasteiger partial charge >= 0.3 is 5.97 Å². The van der Waals surface area contributed by atoms with Crippen molar-refractivity contribution in [1.82, 2.24) is 0 Å². The maximum Gasteiger partial charge on any atom is 0.303 e. The number of unbranched alkanes of at least 4 members (excludes halogenated alkanes) is 2. The minimum Gasteiger partial charge on any atom is -0.481 e. The molecule has 2 aromatic rings. The molecule has 3 rings (SSSR count). The number of rotatable bonds is 10. The van der Waals surface area contributed by atoms with Gasteiger partial charge in [-0.2, -0.15) is 4.58 Å². The summed E-state index contributed by atoms with van der Waals surface area (Å²) in [7, 11) is 0. The highest BCUT2D eigenvalue weighted by Gasteiger charge is 2.43. The summed E-state index contributed by atoms with van der Waals surface area (Å²) < 4.78 is 2.39. The van der Waals surface area contributed by atoms with E-state index in [-0.39, 0.29) is 11.8 Å². The molecule has 0 bridgehead atoms. The maximum absolute atomic E-state index is 10.7. The molecule has 0 amide bonds. The van der Waals surface area contributed by atoms with E-state index in [2.05, 4.69) is 60.2 Å². The molecule has 0 aromatic heterocycles. The largest absolute Gasteiger partial charge is 0.481 e. The second-order valence-electron chi connectivity index (χ2n) is 8.11. The SMILES string of the molecule is CC1(C)C(/C=C/C=C/Nc2ccccc2)=[N+](CCCCCC(=O)O)c2ccccc21. The molecular formula is C26H31N2O2+. The minimum atomic E-state index is -0.714. The van der Waals surface area contributed by atoms with E-state index in [0.29, 0.717) is 0 Å². The van der Waals surface area contributed by atoms with Crippen LogP contribution in [0.15, 0.2) is 79.0 Å². The fourth-order valence-corrected chi connectivity index (χ4v) is 3.99. The van der Waals surface area contributed by atoms with Crippen LogP contribution in [-0.2, 0) is 10.2 Å². The summed E-state index contributed by atoms with van der Waals surface area (Å²) in [5.74, 6) is -0.714. The third-order valence-electron chi connectivity index (χ3n) is 5.56. The number of aliphatic carboxylic acids is 1. The summed E-state index contributed by atoms with van der Waals surface area (Å²) in [4.78, 5) is 10.7. The lowest BCUT2D eigenvalue weighted by Gasteiger charge is -2.15. The van der Waals surface area contributed by atoms with Gasteiger partial charge < -0.3 is 10.4 Å². The van der Waals surface area contributed by atoms with E-state index in [1.165, 1.54) is 17.0 Å². The monoisotopic (exact) mass is 403 g/mol. The summed E-state index contributed by atoms with van der Waals surface area (Å²) in [6.45, 7) is 5.43. The van der Waals surface area contributed by atoms with Crippen molar-refractivity contribution in [3.63, 3.8) is 0 Å². The highest BCUT2D eigenvalue weighted by molar-refractivity contribution is 6.03. The van der Waals surface area contributed by atoms with E-state index in [4.69, 9.17) is 5.11 Å². The van der Waals surface area contributed by atoms with Gasteiger partial charge in [0.25, 0.3) is 0 Å². The van der Waals surface area contributed by atoms with Gasteiger partial charge in [-0.25, -0.2) is 0 Å². The Bertz CT molecular complexity index is 956. The zero-order valence-electron chi connectivity index (χ0n) is 17.8. The van der Waals surface area contributed by atoms with Crippen LogP contribution in [0.4, 0.5) is 11.4 Å². The average molecular weight is 404 g/mol. The molecule has 4 nitrogen and oxygen atoms in total. The molecule has 0 fully saturated rings. The fourth-order valence-electron chi connectivity index (χ4n) is 3.99. The quantitative estimate of drug-likeness (QED) is 0.295. The highest BCUT2D eigenvalue weighted by Crippen LogP contribution is 2.39. The van der Waals surface area contributed by atoms with Crippen LogP contribution < -0.4 is 5.32 Å². The van der Waals surface area contributed by atoms with Crippen molar-refractivity contribution < 1.29 is 14.5 Å². The zero-order valence-corrected chi connectivity index (χ0v) is 17.8. The number of para-hydroxylation sites is 2. The van der Waals surface area contributed by atoms with Gasteiger partial charge in [-0.3, -0.25) is 4.79 Å². The van der Waals surface area contributed by atoms with Crippen LogP contribution in [0.2, 0.25) is 0 Å². The summed E-state index contributed by atoms with van der Waals surface area (Å²) in [6, 6.07) is 18.7. The molecule has 30 heavy (non-hydrogen) atoms. The molecule has 156 valence electrons. The second-order valence-corrected chi connectivity index (χ2v) is 8.11. The van der Waals surface area contributed by atoms with Gasteiger partial charge in [0.2, 0.25) is 5.69 Å². The van der Waals surface area contributed by atoms with Gasteiger partial charge in [0.15, 0.2) is 5.71 Å². The summed E-state index contributed by atoms with van der Waals surface area (Å²) in [6.07, 6.45) is 11.1. The minimum absolute atomic E-state index is 0.0745. The number of benzene rings is 2. The predicted octanol–water partition coefficient (Wildman–Crippen LogP) is 5.89. The number of allylic oxidation sites excluding steroid dienone is 3. The Balaban J connectivity index is 1.73. The van der Waals surface area contributed by atoms with Crippen LogP contribution in [0.25, 0.3) is 0 Å². The second kappa shape index (κ2) is 10.1. The van der Waals surface area contributed by atoms with Crippen LogP contribution in [0.3, 0.4) is 0 Å². The van der Waals surface area contributed by atoms with E-state index < -0.39 is 5.97 Å². The van der Waals surface area contributed by atoms with Crippen molar-refractivity contribution >= 4 is 23.1 Å². The van der Waals surface area contributed by atoms with Gasteiger partial charge in [0.05, 0.1) is 5.41 Å². The number of carboxylic acids is 1. The molecule has 1 aliphatic rings. The van der Waals surface area contributed by atoms with Crippen molar-refractivity contribution in [1.29, 1.82) is 0 Å². The first-order valence-electron chi connectivity index (χ1n) is 10.6. The predicted molar refractivity (Wildman–Crippen MR) is 124 cm³/mol. The van der Waals surface area contributed by atoms with Crippen LogP contribution in [-0.4, -0.2) is 27.9 Å². The first kappa shape index (κ1) is 21.6. The van der Waals surface area contributed by atoms with E-state index in [9.17, 15) is 4.79 Å². The van der Waals surface area contributed by atoms with Crippen molar-refractivity contribution in [2.24, 2.45) is 0 Å². The number of nitrogens with zero attached hydrogens (tertiary/aromatic N) is 1. The molecule has 4 heteroatoms. The molecule has 0 atom stereocenters. The third-order valence-corrected chi connectivity index (χ3v) is 5.56. The van der Waals surface area contributed by atoms with Crippen LogP contribution in [0.1, 0.15) is 45.1 Å². The van der Waals surface area contributed by atoms with Crippen molar-refractivity contribution in [2.75, 3.05) is 11.9 Å². The molecule has 0 saturated carbocycles. The maximum atomic E-state index is 10.7. The number of fused-ring (bicyclic) bond motifs is 1. The zero-order chi connectivity index (χ0) is 21.4. The Morgan fingerprint density at radius 1 is 1.00 bits per heavy atom. The Hall–Kier alpha value is -3.14. The summed E-state index contributed by atoms with van der Waals surface area (Å²) in [5.41, 5.74) is 4.85. The Morgan fingerprint density at radius 2 is 1.73 bits per heavy atom. The molecule has 1 heterocycles. The lowest BCUT2D eigenvalue weighted by molar-refractivity contribution is -0.438. The molecule has 0 saturated heterocycles. The summed E-state index contributed by atoms with van der Waals surface area (Å²) in [5, 5.41) is 12.1. The first-order chi connectivity index (χ1) is 14.5. The molecule has 0 aliphatic carbocycles. The van der Waals surface area contributed by atoms with Crippen molar-refractivity contribution in [3.05, 3.63) is 84.6 Å². The van der Waals surface area contributed by atoms with Crippen LogP contribution >= 0.6 is 0 Å². The van der Waals surface area contributed by atoms with Crippen LogP contribution in [0, 0.1) is 0 Å². The number of hydrogen-bond donors (Lipinski definition) is 2. The van der Waals surface area contributed by atoms with Crippen molar-refractivity contribution in [3.8, 4) is 0 Å². The molecule has 0 unspecified atom stereocenters. The number of anilines is 1. The van der Waals surface area contributed by atoms with E-state index in [1.807, 2.05) is 42.6 Å². The molecule has 2 aromatic carbocycles. The Kier molecular flexibility index (Phi) is 7.23. The van der Waals surface area contributed by atoms with Gasteiger partial charge in [-0.15, -0.1) is 0 Å². The van der Waals surface area contributed by atoms with Crippen molar-refractivity contribution in [2.45, 2.75) is 44.9 Å². The lowest BCUT2D eigenvalue weighted by Crippen LogP contribution is -2.27. The summed E-state index contributed by atoms with van der Waals surface area (Å²) >= 11 is 0. The highest BCUT2D eigenvalue weighted by atomic mass is 16.4. The number of nitrogens with one attached hydrogen (secondary N) is 1. The Labute approximate surface area is 179 Å². The molecule has 0 spiro atoms. The molecule has 1 aliphatic heterocycles. The smallest absolute Gasteiger partial charge is 0.303 e. The Morgan fingerprint density at radius 3 is 2.50 bits per heavy atom. The van der Waals surface area contributed by atoms with Gasteiger partial charge in [-0.05, 0) is 44.9 Å². The standard InChI is InChI=1S/C26H30N2O2/c1-26(2)22-15-8-9-16-23(22)28(20-12-4-7-18-25(29)30)24(26)17-10-11-19-27-21-13-5-3-6-14-21/h3,5-6,8-11,13-17,19H,4,7,12,18,20H2,1-2H3,(H,29,30)/p+1. The van der Waals surface area contributed by atoms with Gasteiger partial charge in [-0.1, -0.05) is 42.5 Å².